The van der Waals surface area contributed by atoms with Crippen LogP contribution < -0.4 is 10.6 Å². The van der Waals surface area contributed by atoms with Gasteiger partial charge in [-0.1, -0.05) is 0 Å². The summed E-state index contributed by atoms with van der Waals surface area (Å²) in [5.74, 6) is 0.694. The summed E-state index contributed by atoms with van der Waals surface area (Å²) in [6.45, 7) is 9.07. The SMILES string of the molecule is CN=C(NCCN(C(=O)OC(C)(C)C)C1CC1)NCC1(CCO)CCOC1. The van der Waals surface area contributed by atoms with Gasteiger partial charge in [-0.25, -0.2) is 4.79 Å². The van der Waals surface area contributed by atoms with E-state index in [0.29, 0.717) is 44.7 Å². The highest BCUT2D eigenvalue weighted by molar-refractivity contribution is 5.79. The molecule has 8 nitrogen and oxygen atoms in total. The molecule has 0 radical (unpaired) electrons. The Kier molecular flexibility index (Phi) is 7.73. The highest BCUT2D eigenvalue weighted by Crippen LogP contribution is 2.31. The van der Waals surface area contributed by atoms with Crippen molar-refractivity contribution in [2.75, 3.05) is 46.5 Å². The summed E-state index contributed by atoms with van der Waals surface area (Å²) in [4.78, 5) is 18.5. The van der Waals surface area contributed by atoms with Crippen molar-refractivity contribution in [2.45, 2.75) is 58.1 Å². The van der Waals surface area contributed by atoms with Gasteiger partial charge in [0.05, 0.1) is 6.61 Å². The third kappa shape index (κ3) is 7.18. The van der Waals surface area contributed by atoms with E-state index in [-0.39, 0.29) is 18.1 Å². The third-order valence-corrected chi connectivity index (χ3v) is 4.94. The van der Waals surface area contributed by atoms with Crippen molar-refractivity contribution >= 4 is 12.1 Å². The number of guanidine groups is 1. The number of nitrogens with one attached hydrogen (secondary N) is 2. The van der Waals surface area contributed by atoms with Crippen molar-refractivity contribution in [1.82, 2.24) is 15.5 Å². The van der Waals surface area contributed by atoms with E-state index in [4.69, 9.17) is 9.47 Å². The monoisotopic (exact) mass is 384 g/mol. The van der Waals surface area contributed by atoms with Crippen LogP contribution in [0.1, 0.15) is 46.5 Å². The summed E-state index contributed by atoms with van der Waals surface area (Å²) < 4.78 is 11.0. The zero-order valence-corrected chi connectivity index (χ0v) is 17.2. The maximum absolute atomic E-state index is 12.4. The third-order valence-electron chi connectivity index (χ3n) is 4.94. The highest BCUT2D eigenvalue weighted by atomic mass is 16.6. The summed E-state index contributed by atoms with van der Waals surface area (Å²) in [5, 5.41) is 15.9. The van der Waals surface area contributed by atoms with Crippen molar-refractivity contribution in [3.63, 3.8) is 0 Å². The molecule has 0 aromatic carbocycles. The molecule has 27 heavy (non-hydrogen) atoms. The van der Waals surface area contributed by atoms with Crippen LogP contribution in [0.5, 0.6) is 0 Å². The molecular formula is C19H36N4O4. The van der Waals surface area contributed by atoms with Crippen LogP contribution in [0.3, 0.4) is 0 Å². The van der Waals surface area contributed by atoms with Gasteiger partial charge >= 0.3 is 6.09 Å². The predicted octanol–water partition coefficient (Wildman–Crippen LogP) is 1.34. The number of hydrogen-bond acceptors (Lipinski definition) is 5. The van der Waals surface area contributed by atoms with Gasteiger partial charge in [0.1, 0.15) is 5.60 Å². The van der Waals surface area contributed by atoms with E-state index in [2.05, 4.69) is 15.6 Å². The lowest BCUT2D eigenvalue weighted by Gasteiger charge is -2.29. The summed E-state index contributed by atoms with van der Waals surface area (Å²) in [5.41, 5.74) is -0.525. The van der Waals surface area contributed by atoms with Gasteiger partial charge in [0.2, 0.25) is 0 Å². The van der Waals surface area contributed by atoms with Gasteiger partial charge in [-0.15, -0.1) is 0 Å². The summed E-state index contributed by atoms with van der Waals surface area (Å²) in [6, 6.07) is 0.292. The van der Waals surface area contributed by atoms with Gasteiger partial charge in [0.25, 0.3) is 0 Å². The Balaban J connectivity index is 1.78. The van der Waals surface area contributed by atoms with Gasteiger partial charge in [-0.3, -0.25) is 4.99 Å². The lowest BCUT2D eigenvalue weighted by molar-refractivity contribution is 0.0238. The Hall–Kier alpha value is -1.54. The van der Waals surface area contributed by atoms with E-state index in [9.17, 15) is 9.90 Å². The zero-order chi connectivity index (χ0) is 19.9. The van der Waals surface area contributed by atoms with Crippen LogP contribution in [-0.4, -0.2) is 80.2 Å². The molecule has 2 rings (SSSR count). The standard InChI is InChI=1S/C19H36N4O4/c1-18(2,3)27-17(25)23(15-5-6-15)10-9-21-16(20-4)22-13-19(7-11-24)8-12-26-14-19/h15,24H,5-14H2,1-4H3,(H2,20,21,22). The zero-order valence-electron chi connectivity index (χ0n) is 17.2. The number of aliphatic hydroxyl groups excluding tert-OH is 1. The van der Waals surface area contributed by atoms with Crippen molar-refractivity contribution in [3.8, 4) is 0 Å². The molecule has 1 amide bonds. The second-order valence-electron chi connectivity index (χ2n) is 8.53. The van der Waals surface area contributed by atoms with Crippen LogP contribution >= 0.6 is 0 Å². The van der Waals surface area contributed by atoms with Crippen LogP contribution in [0.4, 0.5) is 4.79 Å². The van der Waals surface area contributed by atoms with E-state index in [1.165, 1.54) is 0 Å². The first-order valence-corrected chi connectivity index (χ1v) is 9.91. The molecule has 1 aliphatic heterocycles. The van der Waals surface area contributed by atoms with E-state index < -0.39 is 5.60 Å². The second-order valence-corrected chi connectivity index (χ2v) is 8.53. The van der Waals surface area contributed by atoms with Crippen molar-refractivity contribution in [3.05, 3.63) is 0 Å². The molecule has 1 atom stereocenters. The van der Waals surface area contributed by atoms with Crippen molar-refractivity contribution in [1.29, 1.82) is 0 Å². The lowest BCUT2D eigenvalue weighted by Crippen LogP contribution is -2.47. The number of rotatable bonds is 8. The van der Waals surface area contributed by atoms with Crippen molar-refractivity contribution in [2.24, 2.45) is 10.4 Å². The minimum Gasteiger partial charge on any atom is -0.444 e. The Morgan fingerprint density at radius 3 is 2.63 bits per heavy atom. The Morgan fingerprint density at radius 2 is 2.11 bits per heavy atom. The molecule has 1 aliphatic carbocycles. The average molecular weight is 385 g/mol. The number of ether oxygens (including phenoxy) is 2. The molecule has 0 spiro atoms. The smallest absolute Gasteiger partial charge is 0.410 e. The molecule has 156 valence electrons. The largest absolute Gasteiger partial charge is 0.444 e. The quantitative estimate of drug-likeness (QED) is 0.432. The fourth-order valence-electron chi connectivity index (χ4n) is 3.23. The van der Waals surface area contributed by atoms with E-state index >= 15 is 0 Å². The van der Waals surface area contributed by atoms with Crippen LogP contribution in [0.15, 0.2) is 4.99 Å². The molecule has 2 fully saturated rings. The highest BCUT2D eigenvalue weighted by Gasteiger charge is 2.36. The maximum atomic E-state index is 12.4. The molecule has 1 saturated heterocycles. The normalized spacial score (nSPS) is 23.2. The van der Waals surface area contributed by atoms with Crippen LogP contribution in [0, 0.1) is 5.41 Å². The first-order chi connectivity index (χ1) is 12.8. The number of nitrogens with zero attached hydrogens (tertiary/aromatic N) is 2. The van der Waals surface area contributed by atoms with Gasteiger partial charge in [0.15, 0.2) is 5.96 Å². The molecule has 2 aliphatic rings. The van der Waals surface area contributed by atoms with Crippen LogP contribution in [-0.2, 0) is 9.47 Å². The number of hydrogen-bond donors (Lipinski definition) is 3. The van der Waals surface area contributed by atoms with Crippen molar-refractivity contribution < 1.29 is 19.4 Å². The fraction of sp³-hybridized carbons (Fsp3) is 0.895. The first-order valence-electron chi connectivity index (χ1n) is 9.91. The molecule has 0 aromatic rings. The molecule has 8 heteroatoms. The van der Waals surface area contributed by atoms with E-state index in [0.717, 1.165) is 25.9 Å². The number of carbonyl (C=O) groups excluding carboxylic acids is 1. The molecule has 1 heterocycles. The average Bonchev–Trinajstić information content (AvgIpc) is 3.32. The van der Waals surface area contributed by atoms with Gasteiger partial charge in [-0.05, 0) is 46.5 Å². The lowest BCUT2D eigenvalue weighted by atomic mass is 9.84. The number of amides is 1. The van der Waals surface area contributed by atoms with Crippen LogP contribution in [0.2, 0.25) is 0 Å². The minimum absolute atomic E-state index is 0.0388. The molecule has 0 bridgehead atoms. The Morgan fingerprint density at radius 1 is 1.37 bits per heavy atom. The Labute approximate surface area is 162 Å². The number of aliphatic hydroxyl groups is 1. The predicted molar refractivity (Wildman–Crippen MR) is 105 cm³/mol. The molecule has 1 saturated carbocycles. The van der Waals surface area contributed by atoms with Gasteiger partial charge in [-0.2, -0.15) is 0 Å². The molecule has 1 unspecified atom stereocenters. The minimum atomic E-state index is -0.486. The van der Waals surface area contributed by atoms with Crippen LogP contribution in [0.25, 0.3) is 0 Å². The topological polar surface area (TPSA) is 95.4 Å². The molecule has 0 aromatic heterocycles. The van der Waals surface area contributed by atoms with Gasteiger partial charge < -0.3 is 30.1 Å². The molecular weight excluding hydrogens is 348 g/mol. The Bertz CT molecular complexity index is 508. The first kappa shape index (κ1) is 21.8. The summed E-state index contributed by atoms with van der Waals surface area (Å²) in [6.07, 6.45) is 3.47. The number of carbonyl (C=O) groups is 1. The molecule has 3 N–H and O–H groups in total. The van der Waals surface area contributed by atoms with E-state index in [1.54, 1.807) is 7.05 Å². The second kappa shape index (κ2) is 9.59. The number of aliphatic imine (C=N–C) groups is 1. The maximum Gasteiger partial charge on any atom is 0.410 e. The summed E-state index contributed by atoms with van der Waals surface area (Å²) in [7, 11) is 1.73. The van der Waals surface area contributed by atoms with E-state index in [1.807, 2.05) is 25.7 Å². The van der Waals surface area contributed by atoms with Gasteiger partial charge in [0, 0.05) is 51.4 Å². The summed E-state index contributed by atoms with van der Waals surface area (Å²) >= 11 is 0. The fourth-order valence-corrected chi connectivity index (χ4v) is 3.23.